The van der Waals surface area contributed by atoms with Crippen LogP contribution in [0, 0.1) is 43.4 Å². The Morgan fingerprint density at radius 2 is 1.80 bits per heavy atom. The molecule has 20 heavy (non-hydrogen) atoms. The number of amides is 1. The summed E-state index contributed by atoms with van der Waals surface area (Å²) in [5.41, 5.74) is 9.76. The van der Waals surface area contributed by atoms with E-state index in [1.54, 1.807) is 0 Å². The number of aryl methyl sites for hydroxylation is 2. The summed E-state index contributed by atoms with van der Waals surface area (Å²) in [7, 11) is 0. The largest absolute Gasteiger partial charge is 0.398 e. The molecule has 106 valence electrons. The number of carbonyl (C=O) groups excluding carboxylic acids is 1. The third kappa shape index (κ3) is 1.62. The van der Waals surface area contributed by atoms with Gasteiger partial charge in [-0.05, 0) is 74.0 Å². The summed E-state index contributed by atoms with van der Waals surface area (Å²) in [6.45, 7) is 4.02. The summed E-state index contributed by atoms with van der Waals surface area (Å²) in [5, 5.41) is 3.12. The molecule has 0 radical (unpaired) electrons. The molecule has 1 aromatic carbocycles. The van der Waals surface area contributed by atoms with Crippen molar-refractivity contribution < 1.29 is 4.79 Å². The van der Waals surface area contributed by atoms with Crippen molar-refractivity contribution in [3.05, 3.63) is 23.3 Å². The van der Waals surface area contributed by atoms with Gasteiger partial charge >= 0.3 is 0 Å². The van der Waals surface area contributed by atoms with E-state index in [2.05, 4.69) is 5.32 Å². The standard InChI is InChI=1S/C17H22N2O/c1-8-5-9(2)13(7-12(8)18)19-17(20)16-14-10-3-4-11(6-10)15(14)16/h5,7,10-11,14-16H,3-4,6,18H2,1-2H3,(H,19,20). The van der Waals surface area contributed by atoms with E-state index in [0.29, 0.717) is 11.8 Å². The quantitative estimate of drug-likeness (QED) is 0.811. The van der Waals surface area contributed by atoms with Gasteiger partial charge in [0.15, 0.2) is 0 Å². The number of rotatable bonds is 2. The maximum atomic E-state index is 12.5. The van der Waals surface area contributed by atoms with Crippen molar-refractivity contribution in [1.29, 1.82) is 0 Å². The lowest BCUT2D eigenvalue weighted by Crippen LogP contribution is -2.19. The zero-order valence-corrected chi connectivity index (χ0v) is 12.1. The molecular weight excluding hydrogens is 248 g/mol. The molecule has 4 rings (SSSR count). The summed E-state index contributed by atoms with van der Waals surface area (Å²) in [6, 6.07) is 3.94. The Morgan fingerprint density at radius 1 is 1.15 bits per heavy atom. The Hall–Kier alpha value is -1.51. The van der Waals surface area contributed by atoms with E-state index >= 15 is 0 Å². The molecule has 3 saturated carbocycles. The van der Waals surface area contributed by atoms with E-state index in [4.69, 9.17) is 5.73 Å². The van der Waals surface area contributed by atoms with E-state index in [1.165, 1.54) is 19.3 Å². The highest BCUT2D eigenvalue weighted by Gasteiger charge is 2.67. The van der Waals surface area contributed by atoms with Crippen LogP contribution in [0.5, 0.6) is 0 Å². The third-order valence-corrected chi connectivity index (χ3v) is 5.91. The molecule has 3 N–H and O–H groups in total. The Balaban J connectivity index is 1.51. The first-order valence-corrected chi connectivity index (χ1v) is 7.74. The van der Waals surface area contributed by atoms with Gasteiger partial charge < -0.3 is 11.1 Å². The van der Waals surface area contributed by atoms with Gasteiger partial charge in [0.25, 0.3) is 0 Å². The van der Waals surface area contributed by atoms with Crippen LogP contribution in [-0.4, -0.2) is 5.91 Å². The zero-order chi connectivity index (χ0) is 14.0. The van der Waals surface area contributed by atoms with Crippen LogP contribution in [0.2, 0.25) is 0 Å². The van der Waals surface area contributed by atoms with Crippen molar-refractivity contribution >= 4 is 17.3 Å². The van der Waals surface area contributed by atoms with Crippen molar-refractivity contribution in [3.8, 4) is 0 Å². The highest BCUT2D eigenvalue weighted by molar-refractivity contribution is 5.96. The van der Waals surface area contributed by atoms with Gasteiger partial charge in [-0.1, -0.05) is 6.07 Å². The summed E-state index contributed by atoms with van der Waals surface area (Å²) < 4.78 is 0. The van der Waals surface area contributed by atoms with Gasteiger partial charge in [0.1, 0.15) is 0 Å². The second kappa shape index (κ2) is 4.00. The minimum absolute atomic E-state index is 0.225. The van der Waals surface area contributed by atoms with E-state index in [0.717, 1.165) is 34.3 Å². The molecule has 4 atom stereocenters. The van der Waals surface area contributed by atoms with E-state index in [9.17, 15) is 4.79 Å². The molecule has 4 unspecified atom stereocenters. The molecule has 0 spiro atoms. The highest BCUT2D eigenvalue weighted by atomic mass is 16.2. The average molecular weight is 270 g/mol. The lowest BCUT2D eigenvalue weighted by atomic mass is 10.0. The molecule has 1 amide bonds. The smallest absolute Gasteiger partial charge is 0.228 e. The highest BCUT2D eigenvalue weighted by Crippen LogP contribution is 2.69. The number of nitrogen functional groups attached to an aromatic ring is 1. The number of fused-ring (bicyclic) bond motifs is 5. The average Bonchev–Trinajstić information content (AvgIpc) is 2.85. The van der Waals surface area contributed by atoms with Gasteiger partial charge in [-0.3, -0.25) is 4.79 Å². The minimum Gasteiger partial charge on any atom is -0.398 e. The fourth-order valence-electron chi connectivity index (χ4n) is 4.90. The number of nitrogens with two attached hydrogens (primary N) is 1. The van der Waals surface area contributed by atoms with Crippen LogP contribution in [0.15, 0.2) is 12.1 Å². The van der Waals surface area contributed by atoms with Crippen LogP contribution in [-0.2, 0) is 4.79 Å². The van der Waals surface area contributed by atoms with Crippen LogP contribution < -0.4 is 11.1 Å². The van der Waals surface area contributed by atoms with Crippen LogP contribution in [0.25, 0.3) is 0 Å². The number of carbonyl (C=O) groups is 1. The number of nitrogens with one attached hydrogen (secondary N) is 1. The van der Waals surface area contributed by atoms with Gasteiger partial charge in [0.2, 0.25) is 5.91 Å². The molecule has 3 fully saturated rings. The van der Waals surface area contributed by atoms with E-state index in [-0.39, 0.29) is 11.8 Å². The summed E-state index contributed by atoms with van der Waals surface area (Å²) in [5.74, 6) is 3.56. The fourth-order valence-corrected chi connectivity index (χ4v) is 4.90. The van der Waals surface area contributed by atoms with Gasteiger partial charge in [0.05, 0.1) is 0 Å². The molecule has 0 aliphatic heterocycles. The molecule has 3 aliphatic rings. The number of hydrogen-bond acceptors (Lipinski definition) is 2. The van der Waals surface area contributed by atoms with Gasteiger partial charge in [0, 0.05) is 17.3 Å². The van der Waals surface area contributed by atoms with Crippen LogP contribution in [0.1, 0.15) is 30.4 Å². The monoisotopic (exact) mass is 270 g/mol. The molecule has 0 heterocycles. The van der Waals surface area contributed by atoms with Crippen molar-refractivity contribution in [3.63, 3.8) is 0 Å². The van der Waals surface area contributed by atoms with Crippen molar-refractivity contribution in [1.82, 2.24) is 0 Å². The second-order valence-electron chi connectivity index (χ2n) is 7.03. The number of benzene rings is 1. The molecular formula is C17H22N2O. The number of hydrogen-bond donors (Lipinski definition) is 2. The Morgan fingerprint density at radius 3 is 2.45 bits per heavy atom. The second-order valence-corrected chi connectivity index (χ2v) is 7.03. The topological polar surface area (TPSA) is 55.1 Å². The molecule has 3 heteroatoms. The van der Waals surface area contributed by atoms with Crippen LogP contribution in [0.4, 0.5) is 11.4 Å². The molecule has 0 aromatic heterocycles. The SMILES string of the molecule is Cc1cc(C)c(NC(=O)C2C3C4CCC(C4)C23)cc1N. The molecule has 3 nitrogen and oxygen atoms in total. The minimum atomic E-state index is 0.225. The Labute approximate surface area is 119 Å². The van der Waals surface area contributed by atoms with Crippen LogP contribution >= 0.6 is 0 Å². The van der Waals surface area contributed by atoms with Crippen molar-refractivity contribution in [2.75, 3.05) is 11.1 Å². The predicted octanol–water partition coefficient (Wildman–Crippen LogP) is 3.12. The Bertz CT molecular complexity index is 579. The first-order chi connectivity index (χ1) is 9.56. The fraction of sp³-hybridized carbons (Fsp3) is 0.588. The molecule has 2 bridgehead atoms. The first-order valence-electron chi connectivity index (χ1n) is 7.74. The van der Waals surface area contributed by atoms with Gasteiger partial charge in [-0.2, -0.15) is 0 Å². The zero-order valence-electron chi connectivity index (χ0n) is 12.1. The van der Waals surface area contributed by atoms with Crippen molar-refractivity contribution in [2.24, 2.45) is 29.6 Å². The number of anilines is 2. The third-order valence-electron chi connectivity index (χ3n) is 5.91. The van der Waals surface area contributed by atoms with Gasteiger partial charge in [-0.15, -0.1) is 0 Å². The lowest BCUT2D eigenvalue weighted by Gasteiger charge is -2.13. The molecule has 1 aromatic rings. The summed E-state index contributed by atoms with van der Waals surface area (Å²) in [6.07, 6.45) is 4.09. The Kier molecular flexibility index (Phi) is 2.45. The van der Waals surface area contributed by atoms with Crippen LogP contribution in [0.3, 0.4) is 0 Å². The summed E-state index contributed by atoms with van der Waals surface area (Å²) >= 11 is 0. The maximum absolute atomic E-state index is 12.5. The van der Waals surface area contributed by atoms with E-state index < -0.39 is 0 Å². The van der Waals surface area contributed by atoms with Crippen molar-refractivity contribution in [2.45, 2.75) is 33.1 Å². The maximum Gasteiger partial charge on any atom is 0.228 e. The molecule has 0 saturated heterocycles. The summed E-state index contributed by atoms with van der Waals surface area (Å²) in [4.78, 5) is 12.5. The van der Waals surface area contributed by atoms with Gasteiger partial charge in [-0.25, -0.2) is 0 Å². The van der Waals surface area contributed by atoms with E-state index in [1.807, 2.05) is 26.0 Å². The normalized spacial score (nSPS) is 36.8. The predicted molar refractivity (Wildman–Crippen MR) is 80.3 cm³/mol. The lowest BCUT2D eigenvalue weighted by molar-refractivity contribution is -0.118. The molecule has 3 aliphatic carbocycles. The first kappa shape index (κ1) is 12.2.